The van der Waals surface area contributed by atoms with Crippen molar-refractivity contribution in [3.05, 3.63) is 108 Å². The third-order valence-corrected chi connectivity index (χ3v) is 9.06. The van der Waals surface area contributed by atoms with Crippen molar-refractivity contribution in [3.8, 4) is 0 Å². The Balaban J connectivity index is 1.66. The predicted octanol–water partition coefficient (Wildman–Crippen LogP) is 6.35. The van der Waals surface area contributed by atoms with E-state index in [9.17, 15) is 4.79 Å². The quantitative estimate of drug-likeness (QED) is 0.476. The lowest BCUT2D eigenvalue weighted by Crippen LogP contribution is -2.54. The zero-order valence-electron chi connectivity index (χ0n) is 19.3. The number of hydrogen-bond donors (Lipinski definition) is 1. The van der Waals surface area contributed by atoms with Crippen molar-refractivity contribution in [2.24, 2.45) is 16.7 Å². The van der Waals surface area contributed by atoms with Crippen molar-refractivity contribution in [2.45, 2.75) is 51.5 Å². The number of carbonyl (C=O) groups is 1. The van der Waals surface area contributed by atoms with Gasteiger partial charge in [0.2, 0.25) is 5.91 Å². The van der Waals surface area contributed by atoms with Gasteiger partial charge in [0.15, 0.2) is 0 Å². The Kier molecular flexibility index (Phi) is 5.00. The van der Waals surface area contributed by atoms with Crippen LogP contribution in [0.4, 0.5) is 0 Å². The normalized spacial score (nSPS) is 26.1. The van der Waals surface area contributed by atoms with E-state index in [1.165, 1.54) is 12.8 Å². The fourth-order valence-electron chi connectivity index (χ4n) is 6.65. The van der Waals surface area contributed by atoms with E-state index in [1.54, 1.807) is 0 Å². The highest BCUT2D eigenvalue weighted by molar-refractivity contribution is 5.96. The van der Waals surface area contributed by atoms with E-state index in [0.29, 0.717) is 5.92 Å². The van der Waals surface area contributed by atoms with Gasteiger partial charge in [-0.05, 0) is 52.7 Å². The third kappa shape index (κ3) is 2.88. The summed E-state index contributed by atoms with van der Waals surface area (Å²) in [6, 6.07) is 31.0. The minimum absolute atomic E-state index is 0.0793. The van der Waals surface area contributed by atoms with Crippen molar-refractivity contribution in [1.82, 2.24) is 5.32 Å². The Labute approximate surface area is 192 Å². The lowest BCUT2D eigenvalue weighted by Gasteiger charge is -2.42. The highest BCUT2D eigenvalue weighted by atomic mass is 16.2. The summed E-state index contributed by atoms with van der Waals surface area (Å²) >= 11 is 0. The first-order valence-electron chi connectivity index (χ1n) is 11.9. The predicted molar refractivity (Wildman–Crippen MR) is 130 cm³/mol. The summed E-state index contributed by atoms with van der Waals surface area (Å²) in [6.45, 7) is 7.19. The van der Waals surface area contributed by atoms with Gasteiger partial charge in [-0.15, -0.1) is 0 Å². The van der Waals surface area contributed by atoms with Gasteiger partial charge < -0.3 is 5.32 Å². The van der Waals surface area contributed by atoms with Gasteiger partial charge in [-0.2, -0.15) is 0 Å². The molecule has 0 aliphatic heterocycles. The molecular weight excluding hydrogens is 390 g/mol. The molecule has 164 valence electrons. The van der Waals surface area contributed by atoms with Gasteiger partial charge in [0, 0.05) is 6.04 Å². The number of amides is 1. The van der Waals surface area contributed by atoms with Crippen LogP contribution in [-0.2, 0) is 10.2 Å². The molecule has 1 N–H and O–H groups in total. The van der Waals surface area contributed by atoms with Crippen LogP contribution in [-0.4, -0.2) is 11.9 Å². The largest absolute Gasteiger partial charge is 0.351 e. The summed E-state index contributed by atoms with van der Waals surface area (Å²) in [4.78, 5) is 14.5. The summed E-state index contributed by atoms with van der Waals surface area (Å²) in [5, 5.41) is 3.60. The molecule has 3 atom stereocenters. The number of hydrogen-bond acceptors (Lipinski definition) is 1. The molecule has 0 spiro atoms. The third-order valence-electron chi connectivity index (χ3n) is 9.06. The van der Waals surface area contributed by atoms with Crippen molar-refractivity contribution >= 4 is 5.91 Å². The molecular formula is C30H33NO. The molecule has 2 aliphatic carbocycles. The Morgan fingerprint density at radius 3 is 1.56 bits per heavy atom. The lowest BCUT2D eigenvalue weighted by atomic mass is 9.67. The maximum atomic E-state index is 14.5. The number of carbonyl (C=O) groups excluding carboxylic acids is 1. The van der Waals surface area contributed by atoms with Crippen LogP contribution >= 0.6 is 0 Å². The van der Waals surface area contributed by atoms with Crippen LogP contribution in [0.15, 0.2) is 91.0 Å². The Morgan fingerprint density at radius 2 is 1.22 bits per heavy atom. The molecule has 5 rings (SSSR count). The lowest BCUT2D eigenvalue weighted by molar-refractivity contribution is -0.126. The van der Waals surface area contributed by atoms with Crippen LogP contribution in [0, 0.1) is 16.7 Å². The molecule has 2 fully saturated rings. The molecule has 0 unspecified atom stereocenters. The molecule has 0 aromatic heterocycles. The average Bonchev–Trinajstić information content (AvgIpc) is 3.15. The van der Waals surface area contributed by atoms with Crippen LogP contribution in [0.2, 0.25) is 0 Å². The zero-order valence-corrected chi connectivity index (χ0v) is 19.3. The molecule has 32 heavy (non-hydrogen) atoms. The van der Waals surface area contributed by atoms with E-state index in [4.69, 9.17) is 0 Å². The highest BCUT2D eigenvalue weighted by Crippen LogP contribution is 2.65. The summed E-state index contributed by atoms with van der Waals surface area (Å²) in [6.07, 6.45) is 3.53. The molecule has 2 aliphatic rings. The maximum absolute atomic E-state index is 14.5. The van der Waals surface area contributed by atoms with E-state index in [-0.39, 0.29) is 22.8 Å². The fourth-order valence-corrected chi connectivity index (χ4v) is 6.65. The summed E-state index contributed by atoms with van der Waals surface area (Å²) in [7, 11) is 0. The second kappa shape index (κ2) is 7.62. The number of rotatable bonds is 5. The molecule has 2 heteroatoms. The van der Waals surface area contributed by atoms with Crippen molar-refractivity contribution in [3.63, 3.8) is 0 Å². The highest BCUT2D eigenvalue weighted by Gasteiger charge is 2.62. The Bertz CT molecular complexity index is 993. The van der Waals surface area contributed by atoms with Crippen LogP contribution in [0.3, 0.4) is 0 Å². The summed E-state index contributed by atoms with van der Waals surface area (Å²) in [5.41, 5.74) is 2.49. The molecule has 2 nitrogen and oxygen atoms in total. The minimum Gasteiger partial charge on any atom is -0.351 e. The van der Waals surface area contributed by atoms with Gasteiger partial charge in [-0.1, -0.05) is 112 Å². The molecule has 0 saturated heterocycles. The minimum atomic E-state index is -0.897. The first-order valence-corrected chi connectivity index (χ1v) is 11.9. The molecule has 3 aromatic carbocycles. The number of fused-ring (bicyclic) bond motifs is 2. The smallest absolute Gasteiger partial charge is 0.239 e. The molecule has 2 saturated carbocycles. The fraction of sp³-hybridized carbons (Fsp3) is 0.367. The standard InChI is InChI=1S/C30H33NO/c1-28(2)25-19-20-29(28,3)26(21-25)31-27(32)30(22-13-7-4-8-14-22,23-15-9-5-10-16-23)24-17-11-6-12-18-24/h4-18,25-26H,19-21H2,1-3H3,(H,31,32)/t25-,26+,29+/m1/s1. The van der Waals surface area contributed by atoms with Gasteiger partial charge >= 0.3 is 0 Å². The van der Waals surface area contributed by atoms with Crippen molar-refractivity contribution in [2.75, 3.05) is 0 Å². The Morgan fingerprint density at radius 1 is 0.781 bits per heavy atom. The molecule has 2 bridgehead atoms. The number of benzene rings is 3. The first kappa shape index (κ1) is 21.0. The molecule has 0 heterocycles. The maximum Gasteiger partial charge on any atom is 0.239 e. The van der Waals surface area contributed by atoms with E-state index < -0.39 is 5.41 Å². The molecule has 1 amide bonds. The zero-order chi connectivity index (χ0) is 22.4. The monoisotopic (exact) mass is 423 g/mol. The average molecular weight is 424 g/mol. The van der Waals surface area contributed by atoms with Crippen LogP contribution < -0.4 is 5.32 Å². The van der Waals surface area contributed by atoms with Gasteiger partial charge in [-0.25, -0.2) is 0 Å². The molecule has 0 radical (unpaired) electrons. The van der Waals surface area contributed by atoms with Crippen LogP contribution in [0.1, 0.15) is 56.7 Å². The van der Waals surface area contributed by atoms with Gasteiger partial charge in [-0.3, -0.25) is 4.79 Å². The van der Waals surface area contributed by atoms with E-state index in [1.807, 2.05) is 54.6 Å². The van der Waals surface area contributed by atoms with Crippen molar-refractivity contribution < 1.29 is 4.79 Å². The van der Waals surface area contributed by atoms with Crippen LogP contribution in [0.25, 0.3) is 0 Å². The topological polar surface area (TPSA) is 29.1 Å². The SMILES string of the molecule is CC1(C)[C@@H]2CC[C@@]1(C)[C@@H](NC(=O)C(c1ccccc1)(c1ccccc1)c1ccccc1)C2. The summed E-state index contributed by atoms with van der Waals surface area (Å²) in [5.74, 6) is 0.757. The van der Waals surface area contributed by atoms with Gasteiger partial charge in [0.25, 0.3) is 0 Å². The Hall–Kier alpha value is -2.87. The van der Waals surface area contributed by atoms with E-state index in [0.717, 1.165) is 23.1 Å². The van der Waals surface area contributed by atoms with E-state index in [2.05, 4.69) is 62.5 Å². The number of nitrogens with one attached hydrogen (secondary N) is 1. The van der Waals surface area contributed by atoms with Crippen molar-refractivity contribution in [1.29, 1.82) is 0 Å². The van der Waals surface area contributed by atoms with Crippen LogP contribution in [0.5, 0.6) is 0 Å². The molecule has 3 aromatic rings. The second-order valence-corrected chi connectivity index (χ2v) is 10.5. The van der Waals surface area contributed by atoms with Gasteiger partial charge in [0.05, 0.1) is 0 Å². The second-order valence-electron chi connectivity index (χ2n) is 10.5. The summed E-state index contributed by atoms with van der Waals surface area (Å²) < 4.78 is 0. The van der Waals surface area contributed by atoms with E-state index >= 15 is 0 Å². The first-order chi connectivity index (χ1) is 15.4. The van der Waals surface area contributed by atoms with Gasteiger partial charge in [0.1, 0.15) is 5.41 Å².